The second-order valence-electron chi connectivity index (χ2n) is 3.15. The summed E-state index contributed by atoms with van der Waals surface area (Å²) in [5, 5.41) is 0. The van der Waals surface area contributed by atoms with Crippen LogP contribution in [0.2, 0.25) is 0 Å². The second-order valence-corrected chi connectivity index (χ2v) is 3.15. The summed E-state index contributed by atoms with van der Waals surface area (Å²) < 4.78 is 4.87. The minimum Gasteiger partial charge on any atom is -0.461 e. The Kier molecular flexibility index (Phi) is 4.16. The van der Waals surface area contributed by atoms with Crippen molar-refractivity contribution in [3.05, 3.63) is 12.2 Å². The van der Waals surface area contributed by atoms with E-state index in [4.69, 9.17) is 4.74 Å². The van der Waals surface area contributed by atoms with Gasteiger partial charge >= 0.3 is 5.97 Å². The Morgan fingerprint density at radius 2 is 2.43 bits per heavy atom. The maximum atomic E-state index is 11.1. The molecule has 0 aromatic rings. The summed E-state index contributed by atoms with van der Waals surface area (Å²) in [6, 6.07) is 0. The van der Waals surface area contributed by atoms with Gasteiger partial charge in [-0.05, 0) is 13.3 Å². The van der Waals surface area contributed by atoms with E-state index in [0.29, 0.717) is 13.0 Å². The lowest BCUT2D eigenvalue weighted by Crippen LogP contribution is -2.29. The normalized spacial score (nSPS) is 16.6. The van der Waals surface area contributed by atoms with E-state index in [1.54, 1.807) is 17.9 Å². The van der Waals surface area contributed by atoms with Gasteiger partial charge in [0.25, 0.3) is 0 Å². The predicted octanol–water partition coefficient (Wildman–Crippen LogP) is 0.728. The Morgan fingerprint density at radius 1 is 1.64 bits per heavy atom. The molecule has 0 N–H and O–H groups in total. The number of esters is 1. The molecule has 1 saturated heterocycles. The number of hydrogen-bond donors (Lipinski definition) is 0. The van der Waals surface area contributed by atoms with E-state index in [-0.39, 0.29) is 18.5 Å². The first-order chi connectivity index (χ1) is 6.74. The van der Waals surface area contributed by atoms with Crippen LogP contribution in [0.5, 0.6) is 0 Å². The van der Waals surface area contributed by atoms with Crippen LogP contribution >= 0.6 is 0 Å². The first-order valence-electron chi connectivity index (χ1n) is 4.81. The highest BCUT2D eigenvalue weighted by atomic mass is 16.5. The van der Waals surface area contributed by atoms with E-state index in [1.807, 2.05) is 0 Å². The maximum absolute atomic E-state index is 11.1. The van der Waals surface area contributed by atoms with Crippen molar-refractivity contribution < 1.29 is 14.3 Å². The van der Waals surface area contributed by atoms with Crippen molar-refractivity contribution >= 4 is 11.9 Å². The van der Waals surface area contributed by atoms with Crippen LogP contribution in [-0.4, -0.2) is 36.5 Å². The quantitative estimate of drug-likeness (QED) is 0.493. The summed E-state index contributed by atoms with van der Waals surface area (Å²) in [6.45, 7) is 3.35. The van der Waals surface area contributed by atoms with Gasteiger partial charge in [-0.15, -0.1) is 0 Å². The fourth-order valence-corrected chi connectivity index (χ4v) is 1.38. The van der Waals surface area contributed by atoms with E-state index < -0.39 is 0 Å². The third-order valence-electron chi connectivity index (χ3n) is 2.08. The molecule has 1 aliphatic heterocycles. The van der Waals surface area contributed by atoms with Crippen molar-refractivity contribution in [3.8, 4) is 0 Å². The smallest absolute Gasteiger partial charge is 0.330 e. The molecule has 1 aliphatic rings. The average molecular weight is 197 g/mol. The molecule has 1 amide bonds. The van der Waals surface area contributed by atoms with Crippen LogP contribution in [0.1, 0.15) is 19.8 Å². The molecule has 1 rings (SSSR count). The number of rotatable bonds is 4. The first-order valence-corrected chi connectivity index (χ1v) is 4.81. The van der Waals surface area contributed by atoms with Gasteiger partial charge < -0.3 is 9.64 Å². The first kappa shape index (κ1) is 10.8. The van der Waals surface area contributed by atoms with Crippen molar-refractivity contribution in [1.82, 2.24) is 4.90 Å². The Bertz CT molecular complexity index is 248. The zero-order chi connectivity index (χ0) is 10.4. The van der Waals surface area contributed by atoms with Crippen molar-refractivity contribution in [2.45, 2.75) is 19.8 Å². The number of carbonyl (C=O) groups is 2. The minimum absolute atomic E-state index is 0.159. The molecular formula is C10H15NO3. The minimum atomic E-state index is -0.348. The van der Waals surface area contributed by atoms with Gasteiger partial charge in [-0.2, -0.15) is 0 Å². The zero-order valence-electron chi connectivity index (χ0n) is 8.36. The van der Waals surface area contributed by atoms with E-state index in [1.165, 1.54) is 6.08 Å². The molecule has 0 saturated carbocycles. The summed E-state index contributed by atoms with van der Waals surface area (Å²) in [5.41, 5.74) is 0. The molecular weight excluding hydrogens is 182 g/mol. The van der Waals surface area contributed by atoms with Crippen LogP contribution in [-0.2, 0) is 14.3 Å². The lowest BCUT2D eigenvalue weighted by molar-refractivity contribution is -0.140. The molecule has 1 heterocycles. The van der Waals surface area contributed by atoms with Gasteiger partial charge in [0, 0.05) is 19.0 Å². The number of carbonyl (C=O) groups excluding carboxylic acids is 2. The van der Waals surface area contributed by atoms with Gasteiger partial charge in [0.2, 0.25) is 5.91 Å². The number of likely N-dealkylation sites (tertiary alicyclic amines) is 1. The van der Waals surface area contributed by atoms with Gasteiger partial charge in [0.15, 0.2) is 0 Å². The largest absolute Gasteiger partial charge is 0.461 e. The molecule has 4 heteroatoms. The monoisotopic (exact) mass is 197 g/mol. The average Bonchev–Trinajstić information content (AvgIpc) is 2.52. The topological polar surface area (TPSA) is 46.6 Å². The summed E-state index contributed by atoms with van der Waals surface area (Å²) in [7, 11) is 0. The Balaban J connectivity index is 2.15. The number of hydrogen-bond acceptors (Lipinski definition) is 3. The number of nitrogens with zero attached hydrogens (tertiary/aromatic N) is 1. The van der Waals surface area contributed by atoms with Crippen molar-refractivity contribution in [2.75, 3.05) is 19.7 Å². The molecule has 0 bridgehead atoms. The van der Waals surface area contributed by atoms with E-state index in [9.17, 15) is 9.59 Å². The van der Waals surface area contributed by atoms with Gasteiger partial charge in [-0.25, -0.2) is 4.79 Å². The molecule has 0 aromatic carbocycles. The van der Waals surface area contributed by atoms with E-state index >= 15 is 0 Å². The fourth-order valence-electron chi connectivity index (χ4n) is 1.38. The van der Waals surface area contributed by atoms with Crippen LogP contribution in [0.4, 0.5) is 0 Å². The SMILES string of the molecule is CC=CC(=O)OCCN1CCCC1=O. The van der Waals surface area contributed by atoms with Crippen molar-refractivity contribution in [3.63, 3.8) is 0 Å². The standard InChI is InChI=1S/C10H15NO3/c1-2-4-10(13)14-8-7-11-6-3-5-9(11)12/h2,4H,3,5-8H2,1H3. The van der Waals surface area contributed by atoms with Gasteiger partial charge in [0.05, 0.1) is 6.54 Å². The molecule has 14 heavy (non-hydrogen) atoms. The van der Waals surface area contributed by atoms with Crippen LogP contribution in [0.15, 0.2) is 12.2 Å². The number of ether oxygens (including phenoxy) is 1. The number of amides is 1. The predicted molar refractivity (Wildman–Crippen MR) is 51.6 cm³/mol. The summed E-state index contributed by atoms with van der Waals surface area (Å²) in [4.78, 5) is 23.8. The molecule has 0 aliphatic carbocycles. The van der Waals surface area contributed by atoms with Crippen LogP contribution < -0.4 is 0 Å². The Labute approximate surface area is 83.5 Å². The van der Waals surface area contributed by atoms with Gasteiger partial charge in [-0.3, -0.25) is 4.79 Å². The Morgan fingerprint density at radius 3 is 3.00 bits per heavy atom. The zero-order valence-corrected chi connectivity index (χ0v) is 8.36. The summed E-state index contributed by atoms with van der Waals surface area (Å²) >= 11 is 0. The molecule has 0 aromatic heterocycles. The fraction of sp³-hybridized carbons (Fsp3) is 0.600. The second kappa shape index (κ2) is 5.42. The molecule has 0 radical (unpaired) electrons. The molecule has 0 unspecified atom stereocenters. The molecule has 78 valence electrons. The third-order valence-corrected chi connectivity index (χ3v) is 2.08. The van der Waals surface area contributed by atoms with Crippen LogP contribution in [0.25, 0.3) is 0 Å². The highest BCUT2D eigenvalue weighted by Gasteiger charge is 2.19. The molecule has 0 spiro atoms. The summed E-state index contributed by atoms with van der Waals surface area (Å²) in [6.07, 6.45) is 4.54. The molecule has 1 fully saturated rings. The van der Waals surface area contributed by atoms with Crippen LogP contribution in [0, 0.1) is 0 Å². The lowest BCUT2D eigenvalue weighted by Gasteiger charge is -2.14. The third kappa shape index (κ3) is 3.20. The highest BCUT2D eigenvalue weighted by Crippen LogP contribution is 2.08. The van der Waals surface area contributed by atoms with Gasteiger partial charge in [-0.1, -0.05) is 6.08 Å². The van der Waals surface area contributed by atoms with Crippen molar-refractivity contribution in [2.24, 2.45) is 0 Å². The van der Waals surface area contributed by atoms with Crippen molar-refractivity contribution in [1.29, 1.82) is 0 Å². The maximum Gasteiger partial charge on any atom is 0.330 e. The Hall–Kier alpha value is -1.32. The van der Waals surface area contributed by atoms with E-state index in [2.05, 4.69) is 0 Å². The summed E-state index contributed by atoms with van der Waals surface area (Å²) in [5.74, 6) is -0.189. The molecule has 4 nitrogen and oxygen atoms in total. The van der Waals surface area contributed by atoms with Gasteiger partial charge in [0.1, 0.15) is 6.61 Å². The highest BCUT2D eigenvalue weighted by molar-refractivity contribution is 5.81. The molecule has 0 atom stereocenters. The lowest BCUT2D eigenvalue weighted by atomic mass is 10.4. The van der Waals surface area contributed by atoms with Crippen LogP contribution in [0.3, 0.4) is 0 Å². The van der Waals surface area contributed by atoms with E-state index in [0.717, 1.165) is 13.0 Å². The number of allylic oxidation sites excluding steroid dienone is 1.